The lowest BCUT2D eigenvalue weighted by molar-refractivity contribution is -0.386. The first kappa shape index (κ1) is 14.7. The van der Waals surface area contributed by atoms with Gasteiger partial charge in [0.25, 0.3) is 0 Å². The lowest BCUT2D eigenvalue weighted by Crippen LogP contribution is -2.36. The number of nitrogens with zero attached hydrogens (tertiary/aromatic N) is 2. The number of nitro benzene ring substituents is 1. The fourth-order valence-electron chi connectivity index (χ4n) is 2.25. The molecule has 0 radical (unpaired) electrons. The molecule has 110 valence electrons. The van der Waals surface area contributed by atoms with Gasteiger partial charge < -0.3 is 9.84 Å². The Bertz CT molecular complexity index is 490. The van der Waals surface area contributed by atoms with Crippen LogP contribution in [0.1, 0.15) is 12.0 Å². The Morgan fingerprint density at radius 3 is 2.75 bits per heavy atom. The largest absolute Gasteiger partial charge is 0.500 e. The molecule has 7 heteroatoms. The summed E-state index contributed by atoms with van der Waals surface area (Å²) < 4.78 is 18.6. The molecule has 1 aromatic carbocycles. The predicted molar refractivity (Wildman–Crippen MR) is 70.3 cm³/mol. The number of ether oxygens (including phenoxy) is 1. The molecular weight excluding hydrogens is 267 g/mol. The lowest BCUT2D eigenvalue weighted by atomic mass is 10.1. The number of hydrogen-bond acceptors (Lipinski definition) is 5. The van der Waals surface area contributed by atoms with Gasteiger partial charge in [0.05, 0.1) is 18.1 Å². The minimum Gasteiger partial charge on any atom is -0.500 e. The number of morpholine rings is 1. The first-order valence-corrected chi connectivity index (χ1v) is 6.54. The number of aryl methyl sites for hydroxylation is 1. The highest BCUT2D eigenvalue weighted by Gasteiger charge is 2.19. The second kappa shape index (κ2) is 6.62. The van der Waals surface area contributed by atoms with Gasteiger partial charge in [-0.1, -0.05) is 0 Å². The Labute approximate surface area is 115 Å². The van der Waals surface area contributed by atoms with E-state index in [1.54, 1.807) is 0 Å². The summed E-state index contributed by atoms with van der Waals surface area (Å²) in [5, 5.41) is 20.0. The van der Waals surface area contributed by atoms with Crippen molar-refractivity contribution in [3.8, 4) is 5.75 Å². The zero-order valence-electron chi connectivity index (χ0n) is 11.0. The van der Waals surface area contributed by atoms with Gasteiger partial charge in [-0.25, -0.2) is 4.39 Å². The number of phenolic OH excluding ortho intramolecular Hbond substituents is 1. The molecule has 6 nitrogen and oxygen atoms in total. The molecule has 0 atom stereocenters. The zero-order chi connectivity index (χ0) is 14.5. The highest BCUT2D eigenvalue weighted by atomic mass is 19.1. The summed E-state index contributed by atoms with van der Waals surface area (Å²) in [6.07, 6.45) is 1.32. The zero-order valence-corrected chi connectivity index (χ0v) is 11.0. The van der Waals surface area contributed by atoms with Crippen LogP contribution in [-0.2, 0) is 11.2 Å². The number of hydrogen-bond donors (Lipinski definition) is 1. The summed E-state index contributed by atoms with van der Waals surface area (Å²) in [4.78, 5) is 12.2. The Morgan fingerprint density at radius 1 is 1.40 bits per heavy atom. The first-order chi connectivity index (χ1) is 9.58. The summed E-state index contributed by atoms with van der Waals surface area (Å²) in [6, 6.07) is 2.39. The standard InChI is InChI=1S/C13H17FN2O4/c14-11-8-10(9-12(13(11)17)16(18)19)2-1-3-15-4-6-20-7-5-15/h8-9,17H,1-7H2. The molecule has 1 saturated heterocycles. The van der Waals surface area contributed by atoms with Crippen LogP contribution < -0.4 is 0 Å². The summed E-state index contributed by atoms with van der Waals surface area (Å²) in [6.45, 7) is 4.05. The van der Waals surface area contributed by atoms with Crippen molar-refractivity contribution in [2.24, 2.45) is 0 Å². The van der Waals surface area contributed by atoms with Gasteiger partial charge in [-0.2, -0.15) is 0 Å². The van der Waals surface area contributed by atoms with E-state index in [4.69, 9.17) is 4.74 Å². The van der Waals surface area contributed by atoms with Gasteiger partial charge in [-0.05, 0) is 31.0 Å². The molecule has 1 heterocycles. The van der Waals surface area contributed by atoms with Crippen molar-refractivity contribution in [3.63, 3.8) is 0 Å². The highest BCUT2D eigenvalue weighted by molar-refractivity contribution is 5.48. The van der Waals surface area contributed by atoms with E-state index < -0.39 is 22.2 Å². The molecule has 2 rings (SSSR count). The summed E-state index contributed by atoms with van der Waals surface area (Å²) in [7, 11) is 0. The van der Waals surface area contributed by atoms with Gasteiger partial charge in [-0.3, -0.25) is 15.0 Å². The number of aromatic hydroxyl groups is 1. The molecule has 0 aliphatic carbocycles. The van der Waals surface area contributed by atoms with Crippen molar-refractivity contribution < 1.29 is 19.2 Å². The van der Waals surface area contributed by atoms with E-state index >= 15 is 0 Å². The van der Waals surface area contributed by atoms with Crippen LogP contribution in [-0.4, -0.2) is 47.8 Å². The van der Waals surface area contributed by atoms with Crippen LogP contribution >= 0.6 is 0 Å². The van der Waals surface area contributed by atoms with Crippen LogP contribution in [0.25, 0.3) is 0 Å². The minimum atomic E-state index is -0.944. The lowest BCUT2D eigenvalue weighted by Gasteiger charge is -2.26. The van der Waals surface area contributed by atoms with Gasteiger partial charge in [0.1, 0.15) is 0 Å². The molecule has 0 amide bonds. The van der Waals surface area contributed by atoms with Crippen molar-refractivity contribution >= 4 is 5.69 Å². The third-order valence-corrected chi connectivity index (χ3v) is 3.34. The maximum Gasteiger partial charge on any atom is 0.314 e. The SMILES string of the molecule is O=[N+]([O-])c1cc(CCCN2CCOCC2)cc(F)c1O. The Kier molecular flexibility index (Phi) is 4.86. The maximum atomic E-state index is 13.4. The maximum absolute atomic E-state index is 13.4. The van der Waals surface area contributed by atoms with Crippen molar-refractivity contribution in [1.82, 2.24) is 4.90 Å². The van der Waals surface area contributed by atoms with Crippen molar-refractivity contribution in [2.45, 2.75) is 12.8 Å². The molecule has 0 aromatic heterocycles. The molecular formula is C13H17FN2O4. The second-order valence-electron chi connectivity index (χ2n) is 4.76. The van der Waals surface area contributed by atoms with Crippen molar-refractivity contribution in [2.75, 3.05) is 32.8 Å². The molecule has 1 N–H and O–H groups in total. The fraction of sp³-hybridized carbons (Fsp3) is 0.538. The number of rotatable bonds is 5. The molecule has 0 saturated carbocycles. The van der Waals surface area contributed by atoms with E-state index in [1.165, 1.54) is 6.07 Å². The first-order valence-electron chi connectivity index (χ1n) is 6.54. The number of phenols is 1. The third kappa shape index (κ3) is 3.64. The van der Waals surface area contributed by atoms with Gasteiger partial charge in [0.15, 0.2) is 5.82 Å². The van der Waals surface area contributed by atoms with Crippen molar-refractivity contribution in [3.05, 3.63) is 33.6 Å². The Hall–Kier alpha value is -1.73. The van der Waals surface area contributed by atoms with Gasteiger partial charge in [0.2, 0.25) is 5.75 Å². The van der Waals surface area contributed by atoms with Crippen LogP contribution in [0, 0.1) is 15.9 Å². The molecule has 1 aromatic rings. The molecule has 1 aliphatic rings. The van der Waals surface area contributed by atoms with E-state index in [9.17, 15) is 19.6 Å². The Morgan fingerprint density at radius 2 is 2.10 bits per heavy atom. The predicted octanol–water partition coefficient (Wildman–Crippen LogP) is 1.70. The average Bonchev–Trinajstić information content (AvgIpc) is 2.43. The normalized spacial score (nSPS) is 16.2. The minimum absolute atomic E-state index is 0.528. The molecule has 1 aliphatic heterocycles. The third-order valence-electron chi connectivity index (χ3n) is 3.34. The monoisotopic (exact) mass is 284 g/mol. The summed E-state index contributed by atoms with van der Waals surface area (Å²) in [5.74, 6) is -1.84. The second-order valence-corrected chi connectivity index (χ2v) is 4.76. The van der Waals surface area contributed by atoms with Crippen LogP contribution in [0.15, 0.2) is 12.1 Å². The topological polar surface area (TPSA) is 75.8 Å². The van der Waals surface area contributed by atoms with E-state index in [2.05, 4.69) is 4.90 Å². The fourth-order valence-corrected chi connectivity index (χ4v) is 2.25. The van der Waals surface area contributed by atoms with Crippen LogP contribution in [0.5, 0.6) is 5.75 Å². The van der Waals surface area contributed by atoms with Crippen LogP contribution in [0.4, 0.5) is 10.1 Å². The van der Waals surface area contributed by atoms with Crippen molar-refractivity contribution in [1.29, 1.82) is 0 Å². The summed E-state index contributed by atoms with van der Waals surface area (Å²) >= 11 is 0. The molecule has 20 heavy (non-hydrogen) atoms. The number of nitro groups is 1. The van der Waals surface area contributed by atoms with Crippen LogP contribution in [0.2, 0.25) is 0 Å². The van der Waals surface area contributed by atoms with Gasteiger partial charge in [0, 0.05) is 19.2 Å². The quantitative estimate of drug-likeness (QED) is 0.658. The summed E-state index contributed by atoms with van der Waals surface area (Å²) in [5.41, 5.74) is -0.0494. The molecule has 1 fully saturated rings. The molecule has 0 spiro atoms. The van der Waals surface area contributed by atoms with Gasteiger partial charge >= 0.3 is 5.69 Å². The van der Waals surface area contributed by atoms with E-state index in [0.717, 1.165) is 45.3 Å². The molecule has 0 unspecified atom stereocenters. The Balaban J connectivity index is 1.93. The average molecular weight is 284 g/mol. The highest BCUT2D eigenvalue weighted by Crippen LogP contribution is 2.30. The van der Waals surface area contributed by atoms with Gasteiger partial charge in [-0.15, -0.1) is 0 Å². The van der Waals surface area contributed by atoms with E-state index in [0.29, 0.717) is 12.0 Å². The van der Waals surface area contributed by atoms with E-state index in [-0.39, 0.29) is 0 Å². The van der Waals surface area contributed by atoms with E-state index in [1.807, 2.05) is 0 Å². The smallest absolute Gasteiger partial charge is 0.314 e. The number of benzene rings is 1. The van der Waals surface area contributed by atoms with Crippen LogP contribution in [0.3, 0.4) is 0 Å². The molecule has 0 bridgehead atoms. The number of halogens is 1.